The zero-order valence-corrected chi connectivity index (χ0v) is 9.28. The minimum absolute atomic E-state index is 0.884. The highest BCUT2D eigenvalue weighted by Gasteiger charge is 2.25. The van der Waals surface area contributed by atoms with Crippen LogP contribution in [0, 0.1) is 11.8 Å². The summed E-state index contributed by atoms with van der Waals surface area (Å²) < 4.78 is 0. The van der Waals surface area contributed by atoms with Gasteiger partial charge in [0, 0.05) is 31.1 Å². The van der Waals surface area contributed by atoms with E-state index in [1.54, 1.807) is 0 Å². The van der Waals surface area contributed by atoms with Crippen LogP contribution in [-0.2, 0) is 0 Å². The molecule has 0 aromatic carbocycles. The van der Waals surface area contributed by atoms with Crippen LogP contribution in [0.15, 0.2) is 0 Å². The molecule has 2 saturated heterocycles. The molecule has 0 aromatic heterocycles. The Hall–Kier alpha value is 0.270. The van der Waals surface area contributed by atoms with Crippen LogP contribution in [-0.4, -0.2) is 49.1 Å². The zero-order chi connectivity index (χ0) is 9.10. The molecule has 2 aliphatic heterocycles. The topological polar surface area (TPSA) is 15.3 Å². The summed E-state index contributed by atoms with van der Waals surface area (Å²) in [5.41, 5.74) is 0. The van der Waals surface area contributed by atoms with Gasteiger partial charge < -0.3 is 10.2 Å². The van der Waals surface area contributed by atoms with Crippen molar-refractivity contribution >= 4 is 11.8 Å². The van der Waals surface area contributed by atoms with Gasteiger partial charge in [0.2, 0.25) is 0 Å². The lowest BCUT2D eigenvalue weighted by Gasteiger charge is -2.29. The summed E-state index contributed by atoms with van der Waals surface area (Å²) in [6, 6.07) is 0. The van der Waals surface area contributed by atoms with Gasteiger partial charge in [-0.3, -0.25) is 0 Å². The molecule has 0 saturated carbocycles. The average molecular weight is 200 g/mol. The van der Waals surface area contributed by atoms with Crippen molar-refractivity contribution in [1.29, 1.82) is 0 Å². The Balaban J connectivity index is 1.75. The SMILES string of the molecule is C[C@@H]1CNC[C@H]1CN1CCSCC1. The van der Waals surface area contributed by atoms with Crippen LogP contribution >= 0.6 is 11.8 Å². The van der Waals surface area contributed by atoms with Gasteiger partial charge in [-0.25, -0.2) is 0 Å². The van der Waals surface area contributed by atoms with Crippen molar-refractivity contribution in [3.8, 4) is 0 Å². The third-order valence-corrected chi connectivity index (χ3v) is 4.22. The predicted molar refractivity (Wildman–Crippen MR) is 59.3 cm³/mol. The second kappa shape index (κ2) is 4.67. The van der Waals surface area contributed by atoms with E-state index in [0.29, 0.717) is 0 Å². The Morgan fingerprint density at radius 2 is 2.08 bits per heavy atom. The van der Waals surface area contributed by atoms with Crippen LogP contribution in [0.4, 0.5) is 0 Å². The molecule has 2 rings (SSSR count). The van der Waals surface area contributed by atoms with E-state index in [-0.39, 0.29) is 0 Å². The number of nitrogens with one attached hydrogen (secondary N) is 1. The number of nitrogens with zero attached hydrogens (tertiary/aromatic N) is 1. The minimum atomic E-state index is 0.884. The third kappa shape index (κ3) is 2.61. The Morgan fingerprint density at radius 3 is 2.69 bits per heavy atom. The summed E-state index contributed by atoms with van der Waals surface area (Å²) in [7, 11) is 0. The molecule has 2 atom stereocenters. The van der Waals surface area contributed by atoms with Gasteiger partial charge in [-0.1, -0.05) is 6.92 Å². The van der Waals surface area contributed by atoms with E-state index in [1.807, 2.05) is 0 Å². The van der Waals surface area contributed by atoms with Gasteiger partial charge in [0.25, 0.3) is 0 Å². The van der Waals surface area contributed by atoms with Gasteiger partial charge in [0.05, 0.1) is 0 Å². The molecular weight excluding hydrogens is 180 g/mol. The van der Waals surface area contributed by atoms with E-state index in [0.717, 1.165) is 11.8 Å². The lowest BCUT2D eigenvalue weighted by atomic mass is 9.97. The normalized spacial score (nSPS) is 36.7. The standard InChI is InChI=1S/C10H20N2S/c1-9-6-11-7-10(9)8-12-2-4-13-5-3-12/h9-11H,2-8H2,1H3/t9-,10+/m1/s1. The fourth-order valence-corrected chi connectivity index (χ4v) is 3.20. The fraction of sp³-hybridized carbons (Fsp3) is 1.00. The smallest absolute Gasteiger partial charge is 0.00728 e. The first kappa shape index (κ1) is 9.81. The molecule has 0 bridgehead atoms. The van der Waals surface area contributed by atoms with Crippen molar-refractivity contribution in [3.05, 3.63) is 0 Å². The second-order valence-electron chi connectivity index (χ2n) is 4.31. The zero-order valence-electron chi connectivity index (χ0n) is 8.46. The van der Waals surface area contributed by atoms with Crippen molar-refractivity contribution < 1.29 is 0 Å². The van der Waals surface area contributed by atoms with Crippen LogP contribution < -0.4 is 5.32 Å². The summed E-state index contributed by atoms with van der Waals surface area (Å²) in [5.74, 6) is 4.47. The lowest BCUT2D eigenvalue weighted by molar-refractivity contribution is 0.237. The summed E-state index contributed by atoms with van der Waals surface area (Å²) in [5, 5.41) is 3.48. The molecule has 76 valence electrons. The maximum absolute atomic E-state index is 3.48. The first-order valence-electron chi connectivity index (χ1n) is 5.37. The number of hydrogen-bond acceptors (Lipinski definition) is 3. The average Bonchev–Trinajstić information content (AvgIpc) is 2.54. The van der Waals surface area contributed by atoms with Gasteiger partial charge in [-0.05, 0) is 24.9 Å². The number of thioether (sulfide) groups is 1. The monoisotopic (exact) mass is 200 g/mol. The number of hydrogen-bond donors (Lipinski definition) is 1. The first-order valence-corrected chi connectivity index (χ1v) is 6.52. The molecule has 3 heteroatoms. The van der Waals surface area contributed by atoms with Crippen LogP contribution in [0.3, 0.4) is 0 Å². The molecule has 1 N–H and O–H groups in total. The molecule has 0 amide bonds. The van der Waals surface area contributed by atoms with Crippen molar-refractivity contribution in [1.82, 2.24) is 10.2 Å². The van der Waals surface area contributed by atoms with E-state index >= 15 is 0 Å². The minimum Gasteiger partial charge on any atom is -0.316 e. The third-order valence-electron chi connectivity index (χ3n) is 3.27. The molecule has 2 heterocycles. The molecule has 2 nitrogen and oxygen atoms in total. The molecule has 0 radical (unpaired) electrons. The first-order chi connectivity index (χ1) is 6.36. The van der Waals surface area contributed by atoms with Gasteiger partial charge in [0.1, 0.15) is 0 Å². The highest BCUT2D eigenvalue weighted by atomic mass is 32.2. The van der Waals surface area contributed by atoms with Crippen LogP contribution in [0.1, 0.15) is 6.92 Å². The van der Waals surface area contributed by atoms with Crippen molar-refractivity contribution in [2.75, 3.05) is 44.2 Å². The van der Waals surface area contributed by atoms with Gasteiger partial charge in [-0.2, -0.15) is 11.8 Å². The Kier molecular flexibility index (Phi) is 3.52. The fourth-order valence-electron chi connectivity index (χ4n) is 2.22. The van der Waals surface area contributed by atoms with Gasteiger partial charge in [-0.15, -0.1) is 0 Å². The van der Waals surface area contributed by atoms with E-state index < -0.39 is 0 Å². The molecule has 0 spiro atoms. The summed E-state index contributed by atoms with van der Waals surface area (Å²) in [6.07, 6.45) is 0. The van der Waals surface area contributed by atoms with Gasteiger partial charge in [0.15, 0.2) is 0 Å². The Bertz CT molecular complexity index is 157. The van der Waals surface area contributed by atoms with Crippen molar-refractivity contribution in [2.24, 2.45) is 11.8 Å². The second-order valence-corrected chi connectivity index (χ2v) is 5.53. The summed E-state index contributed by atoms with van der Waals surface area (Å²) in [6.45, 7) is 8.80. The quantitative estimate of drug-likeness (QED) is 0.713. The highest BCUT2D eigenvalue weighted by molar-refractivity contribution is 7.99. The van der Waals surface area contributed by atoms with E-state index in [9.17, 15) is 0 Å². The van der Waals surface area contributed by atoms with E-state index in [4.69, 9.17) is 0 Å². The molecular formula is C10H20N2S. The largest absolute Gasteiger partial charge is 0.316 e. The van der Waals surface area contributed by atoms with Gasteiger partial charge >= 0.3 is 0 Å². The van der Waals surface area contributed by atoms with Crippen LogP contribution in [0.5, 0.6) is 0 Å². The maximum Gasteiger partial charge on any atom is 0.00728 e. The van der Waals surface area contributed by atoms with E-state index in [1.165, 1.54) is 44.2 Å². The molecule has 2 fully saturated rings. The summed E-state index contributed by atoms with van der Waals surface area (Å²) in [4.78, 5) is 2.64. The molecule has 0 aliphatic carbocycles. The number of rotatable bonds is 2. The highest BCUT2D eigenvalue weighted by Crippen LogP contribution is 2.19. The summed E-state index contributed by atoms with van der Waals surface area (Å²) >= 11 is 2.10. The van der Waals surface area contributed by atoms with Crippen LogP contribution in [0.25, 0.3) is 0 Å². The van der Waals surface area contributed by atoms with Crippen LogP contribution in [0.2, 0.25) is 0 Å². The molecule has 0 unspecified atom stereocenters. The molecule has 13 heavy (non-hydrogen) atoms. The molecule has 0 aromatic rings. The lowest BCUT2D eigenvalue weighted by Crippen LogP contribution is -2.38. The maximum atomic E-state index is 3.48. The Labute approximate surface area is 85.4 Å². The van der Waals surface area contributed by atoms with Crippen molar-refractivity contribution in [2.45, 2.75) is 6.92 Å². The van der Waals surface area contributed by atoms with E-state index in [2.05, 4.69) is 28.9 Å². The Morgan fingerprint density at radius 1 is 1.31 bits per heavy atom. The van der Waals surface area contributed by atoms with Crippen molar-refractivity contribution in [3.63, 3.8) is 0 Å². The predicted octanol–water partition coefficient (Wildman–Crippen LogP) is 0.891. The molecule has 2 aliphatic rings.